The van der Waals surface area contributed by atoms with E-state index in [1.807, 2.05) is 115 Å². The van der Waals surface area contributed by atoms with Gasteiger partial charge in [0.1, 0.15) is 29.3 Å². The number of aromatic hydroxyl groups is 3. The van der Waals surface area contributed by atoms with Gasteiger partial charge in [-0.2, -0.15) is 0 Å². The van der Waals surface area contributed by atoms with E-state index in [9.17, 15) is 54.6 Å². The van der Waals surface area contributed by atoms with Crippen molar-refractivity contribution < 1.29 is 208 Å². The third kappa shape index (κ3) is 44.7. The number of carboxylic acid groups (broad SMARTS) is 2. The van der Waals surface area contributed by atoms with Crippen LogP contribution < -0.4 is 118 Å². The largest absolute Gasteiger partial charge is 1.00 e. The molecule has 0 aliphatic carbocycles. The Morgan fingerprint density at radius 2 is 0.837 bits per heavy atom. The summed E-state index contributed by atoms with van der Waals surface area (Å²) in [7, 11) is 2.15. The summed E-state index contributed by atoms with van der Waals surface area (Å²) in [4.78, 5) is 71.2. The Morgan fingerprint density at radius 3 is 1.16 bits per heavy atom. The van der Waals surface area contributed by atoms with E-state index in [1.165, 1.54) is 44.1 Å². The molecular formula is C102H128K2N4O21. The molecule has 2 heterocycles. The second kappa shape index (κ2) is 66.4. The first-order chi connectivity index (χ1) is 60.9. The van der Waals surface area contributed by atoms with Crippen LogP contribution in [0.25, 0.3) is 6.08 Å². The Balaban J connectivity index is 0.000000757. The third-order valence-corrected chi connectivity index (χ3v) is 20.1. The average molecular weight is 1820 g/mol. The number of carboxylic acids is 2. The monoisotopic (exact) mass is 1820 g/mol. The van der Waals surface area contributed by atoms with Crippen LogP contribution in [0.15, 0.2) is 267 Å². The number of hydrogen-bond acceptors (Lipinski definition) is 23. The molecule has 0 spiro atoms. The van der Waals surface area contributed by atoms with Gasteiger partial charge >= 0.3 is 127 Å². The van der Waals surface area contributed by atoms with Gasteiger partial charge in [-0.3, -0.25) is 29.0 Å². The Labute approximate surface area is 846 Å². The fraction of sp³-hybridized carbons (Fsp3) is 0.333. The first-order valence-electron chi connectivity index (χ1n) is 42.1. The fourth-order valence-corrected chi connectivity index (χ4v) is 13.9. The molecule has 6 atom stereocenters. The number of nitrogens with zero attached hydrogens (tertiary/aromatic N) is 3. The number of hydrogen-bond donors (Lipinski definition) is 11. The van der Waals surface area contributed by atoms with Gasteiger partial charge in [0.25, 0.3) is 6.47 Å². The number of aliphatic hydroxyl groups excluding tert-OH is 5. The number of piperazine rings is 1. The van der Waals surface area contributed by atoms with Gasteiger partial charge in [0, 0.05) is 116 Å². The number of phenols is 3. The summed E-state index contributed by atoms with van der Waals surface area (Å²) in [5, 5.41) is 106. The molecule has 12 rings (SSSR count). The predicted molar refractivity (Wildman–Crippen MR) is 491 cm³/mol. The maximum absolute atomic E-state index is 10.8. The molecule has 3 unspecified atom stereocenters. The van der Waals surface area contributed by atoms with Gasteiger partial charge in [-0.05, 0) is 187 Å². The topological polar surface area (TPSA) is 386 Å². The van der Waals surface area contributed by atoms with Crippen molar-refractivity contribution in [2.24, 2.45) is 0 Å². The predicted octanol–water partition coefficient (Wildman–Crippen LogP) is 9.07. The summed E-state index contributed by atoms with van der Waals surface area (Å²) >= 11 is 0. The minimum Gasteiger partial charge on any atom is -1.00 e. The van der Waals surface area contributed by atoms with Crippen LogP contribution in [0.2, 0.25) is 0 Å². The van der Waals surface area contributed by atoms with Crippen molar-refractivity contribution in [2.45, 2.75) is 175 Å². The number of aliphatic carboxylic acids is 2. The molecule has 25 nitrogen and oxygen atoms in total. The molecule has 129 heavy (non-hydrogen) atoms. The smallest absolute Gasteiger partial charge is 1.00 e. The number of rotatable bonds is 28. The minimum atomic E-state index is -1.21. The molecule has 27 heteroatoms. The number of phenolic OH excluding ortho intramolecular Hbond substituents is 3. The second-order valence-corrected chi connectivity index (χ2v) is 30.7. The Morgan fingerprint density at radius 1 is 0.496 bits per heavy atom. The second-order valence-electron chi connectivity index (χ2n) is 30.7. The number of aldehydes is 1. The molecule has 10 aromatic rings. The zero-order valence-electron chi connectivity index (χ0n) is 77.4. The van der Waals surface area contributed by atoms with Crippen molar-refractivity contribution in [3.05, 3.63) is 339 Å². The quantitative estimate of drug-likeness (QED) is 0.00543. The maximum Gasteiger partial charge on any atom is 1.00 e. The van der Waals surface area contributed by atoms with E-state index in [1.54, 1.807) is 115 Å². The molecule has 1 fully saturated rings. The number of carbonyl (C=O) groups excluding carboxylic acids is 4. The van der Waals surface area contributed by atoms with Crippen molar-refractivity contribution in [2.75, 3.05) is 46.3 Å². The van der Waals surface area contributed by atoms with Crippen LogP contribution in [-0.2, 0) is 69.6 Å². The zero-order chi connectivity index (χ0) is 93.6. The van der Waals surface area contributed by atoms with E-state index in [2.05, 4.69) is 133 Å². The van der Waals surface area contributed by atoms with Crippen LogP contribution in [0.3, 0.4) is 0 Å². The van der Waals surface area contributed by atoms with Gasteiger partial charge in [0.05, 0.1) is 26.4 Å². The first kappa shape index (κ1) is 116. The van der Waals surface area contributed by atoms with Crippen molar-refractivity contribution >= 4 is 42.7 Å². The van der Waals surface area contributed by atoms with E-state index < -0.39 is 42.4 Å². The fourth-order valence-electron chi connectivity index (χ4n) is 13.9. The Hall–Kier alpha value is -8.97. The Kier molecular flexibility index (Phi) is 59.8. The van der Waals surface area contributed by atoms with E-state index in [0.717, 1.165) is 95.4 Å². The summed E-state index contributed by atoms with van der Waals surface area (Å²) < 4.78 is 14.8. The molecule has 2 aliphatic heterocycles. The molecule has 0 saturated carbocycles. The SMILES string of the molecule is CC(=O)O[C@@H](C(=O)O)c1ccccc1.CC(=O)O[C@@H](C(=O)O)c1ccccc1.CC(C)N(CCC(c1ccccc1)c1cc(CO)ccc1O)C(C)C.CC(C)N(CC[C@H](c1ccccc1)c1cc(CO)ccc1O)C(C)C.CN1CCNCC1.O=C/C=C/c1ccccc1.O=CO[O-].OCc1ccc(O)cc1.OCc1ccc2c(c1)C(c1ccccc1)CC(O)O2.[H-].[K+].[K+]. The van der Waals surface area contributed by atoms with Gasteiger partial charge < -0.3 is 87.1 Å². The van der Waals surface area contributed by atoms with E-state index >= 15 is 0 Å². The van der Waals surface area contributed by atoms with Gasteiger partial charge in [-0.25, -0.2) is 9.59 Å². The zero-order valence-corrected chi connectivity index (χ0v) is 82.7. The molecule has 2 aliphatic rings. The number of esters is 2. The number of ether oxygens (including phenoxy) is 3. The Bertz CT molecular complexity index is 4580. The molecule has 0 aromatic heterocycles. The number of allylic oxidation sites excluding steroid dienone is 1. The third-order valence-electron chi connectivity index (χ3n) is 20.1. The average Bonchev–Trinajstić information content (AvgIpc) is 0.798. The molecule has 0 radical (unpaired) electrons. The summed E-state index contributed by atoms with van der Waals surface area (Å²) in [6, 6.07) is 81.9. The summed E-state index contributed by atoms with van der Waals surface area (Å²) in [6.07, 6.45) is 3.19. The van der Waals surface area contributed by atoms with Crippen LogP contribution in [0.5, 0.6) is 23.0 Å². The van der Waals surface area contributed by atoms with Crippen LogP contribution in [0, 0.1) is 0 Å². The van der Waals surface area contributed by atoms with E-state index in [4.69, 9.17) is 35.2 Å². The standard InChI is InChI=1S/2C22H31NO2.C16H16O3.2C10H10O4.C9H8O.C7H8O2.C5H12N2.CH2O3.2K.H/c2*1-16(2)23(17(3)4)13-12-20(19-8-6-5-7-9-19)21-14-18(15-24)10-11-22(21)25;17-10-11-6-7-15-14(8-11)13(9-16(18)19-15)12-4-2-1-3-5-12;2*1-7(11)14-9(10(12)13)8-5-3-2-4-6-8;10-8-4-7-9-5-2-1-3-6-9;8-5-6-1-3-7(9)4-2-6;1-7-4-2-6-3-5-7;2-1-4-3;;;/h2*5-11,14,16-17,20,24-25H,12-13,15H2,1-4H3;1-8,13,16-18H,9-10H2;2*2-6,9H,1H3,(H,12,13);1-8H;1-4,8-9H,5H2;6H,2-5H2,1H3;1,3H;;;/q;;;;;;;;;2*+1;-1/p-1/b;;;;;7-4+;;;;;;/t20-;;;2*9-;;;;;;;/m1..11......./s1. The van der Waals surface area contributed by atoms with Crippen LogP contribution in [0.4, 0.5) is 0 Å². The number of aliphatic hydroxyl groups is 5. The minimum absolute atomic E-state index is 0. The number of likely N-dealkylation sites (N-methyl/N-ethyl adjacent to an activating group) is 1. The summed E-state index contributed by atoms with van der Waals surface area (Å²) in [5.41, 5.74) is 11.7. The maximum atomic E-state index is 10.8. The molecule has 10 aromatic carbocycles. The van der Waals surface area contributed by atoms with Crippen molar-refractivity contribution in [3.8, 4) is 23.0 Å². The molecular weight excluding hydrogens is 1700 g/mol. The number of nitrogens with one attached hydrogen (secondary N) is 1. The van der Waals surface area contributed by atoms with Gasteiger partial charge in [-0.15, -0.1) is 0 Å². The van der Waals surface area contributed by atoms with Crippen molar-refractivity contribution in [1.29, 1.82) is 0 Å². The number of carbonyl (C=O) groups is 6. The first-order valence-corrected chi connectivity index (χ1v) is 42.1. The van der Waals surface area contributed by atoms with Gasteiger partial charge in [-0.1, -0.05) is 218 Å². The number of benzene rings is 10. The van der Waals surface area contributed by atoms with Crippen LogP contribution in [0.1, 0.15) is 192 Å². The van der Waals surface area contributed by atoms with Crippen molar-refractivity contribution in [3.63, 3.8) is 0 Å². The van der Waals surface area contributed by atoms with Crippen molar-refractivity contribution in [1.82, 2.24) is 20.0 Å². The van der Waals surface area contributed by atoms with Gasteiger partial charge in [0.2, 0.25) is 12.2 Å². The molecule has 0 amide bonds. The molecule has 1 saturated heterocycles. The van der Waals surface area contributed by atoms with E-state index in [0.29, 0.717) is 59.0 Å². The van der Waals surface area contributed by atoms with Crippen LogP contribution in [-0.4, -0.2) is 179 Å². The van der Waals surface area contributed by atoms with Gasteiger partial charge in [0.15, 0.2) is 6.29 Å². The summed E-state index contributed by atoms with van der Waals surface area (Å²) in [6.45, 7) is 26.6. The van der Waals surface area contributed by atoms with Crippen LogP contribution >= 0.6 is 0 Å². The van der Waals surface area contributed by atoms with E-state index in [-0.39, 0.29) is 161 Å². The molecule has 0 bridgehead atoms. The molecule has 11 N–H and O–H groups in total. The normalized spacial score (nSPS) is 13.7. The summed E-state index contributed by atoms with van der Waals surface area (Å²) in [5.74, 6) is -1.73. The molecule has 684 valence electrons. The number of fused-ring (bicyclic) bond motifs is 1.